The van der Waals surface area contributed by atoms with Gasteiger partial charge in [-0.15, -0.1) is 10.2 Å². The Balaban J connectivity index is 1.36. The number of likely N-dealkylation sites (N-methyl/N-ethyl adjacent to an activating group) is 1. The number of rotatable bonds is 3. The summed E-state index contributed by atoms with van der Waals surface area (Å²) in [6.07, 6.45) is 2.19. The Kier molecular flexibility index (Phi) is 4.39. The molecule has 0 N–H and O–H groups in total. The summed E-state index contributed by atoms with van der Waals surface area (Å²) in [4.78, 5) is 15.7. The quantitative estimate of drug-likeness (QED) is 0.806. The Morgan fingerprint density at radius 2 is 2.04 bits per heavy atom. The standard InChI is InChI=1S/C17H24N6O2/c1-12-3-4-15-18-19-17(23(15)20-12)13-5-7-22(8-6-13)10-14-9-21(2)16(24)11-25-14/h3-4,13-14H,5-11H2,1-2H3. The number of piperidine rings is 1. The predicted octanol–water partition coefficient (Wildman–Crippen LogP) is 0.469. The van der Waals surface area contributed by atoms with Gasteiger partial charge in [0.2, 0.25) is 5.91 Å². The van der Waals surface area contributed by atoms with Crippen LogP contribution in [-0.4, -0.2) is 81.5 Å². The van der Waals surface area contributed by atoms with Crippen molar-refractivity contribution in [2.45, 2.75) is 31.8 Å². The number of fused-ring (bicyclic) bond motifs is 1. The van der Waals surface area contributed by atoms with Crippen molar-refractivity contribution >= 4 is 11.6 Å². The number of morpholine rings is 1. The van der Waals surface area contributed by atoms with Crippen molar-refractivity contribution in [1.82, 2.24) is 29.6 Å². The van der Waals surface area contributed by atoms with Crippen molar-refractivity contribution in [3.8, 4) is 0 Å². The van der Waals surface area contributed by atoms with E-state index in [4.69, 9.17) is 4.74 Å². The number of amides is 1. The summed E-state index contributed by atoms with van der Waals surface area (Å²) < 4.78 is 7.55. The highest BCUT2D eigenvalue weighted by Gasteiger charge is 2.29. The first-order chi connectivity index (χ1) is 12.1. The lowest BCUT2D eigenvalue weighted by molar-refractivity contribution is -0.147. The largest absolute Gasteiger partial charge is 0.365 e. The van der Waals surface area contributed by atoms with Crippen LogP contribution in [0.15, 0.2) is 12.1 Å². The number of aromatic nitrogens is 4. The SMILES string of the molecule is Cc1ccc2nnc(C3CCN(CC4CN(C)C(=O)CO4)CC3)n2n1. The van der Waals surface area contributed by atoms with E-state index >= 15 is 0 Å². The normalized spacial score (nSPS) is 23.5. The maximum atomic E-state index is 11.5. The lowest BCUT2D eigenvalue weighted by Gasteiger charge is -2.36. The minimum atomic E-state index is 0.0661. The Hall–Kier alpha value is -2.06. The van der Waals surface area contributed by atoms with E-state index in [9.17, 15) is 4.79 Å². The topological polar surface area (TPSA) is 75.9 Å². The molecular formula is C17H24N6O2. The van der Waals surface area contributed by atoms with Crippen molar-refractivity contribution < 1.29 is 9.53 Å². The van der Waals surface area contributed by atoms with Gasteiger partial charge in [-0.05, 0) is 45.0 Å². The third-order valence-corrected chi connectivity index (χ3v) is 5.18. The maximum absolute atomic E-state index is 11.5. The molecular weight excluding hydrogens is 320 g/mol. The summed E-state index contributed by atoms with van der Waals surface area (Å²) >= 11 is 0. The molecule has 2 fully saturated rings. The van der Waals surface area contributed by atoms with Gasteiger partial charge < -0.3 is 14.5 Å². The van der Waals surface area contributed by atoms with E-state index in [1.807, 2.05) is 30.6 Å². The smallest absolute Gasteiger partial charge is 0.248 e. The van der Waals surface area contributed by atoms with E-state index in [-0.39, 0.29) is 18.6 Å². The number of likely N-dealkylation sites (tertiary alicyclic amines) is 1. The molecule has 0 bridgehead atoms. The van der Waals surface area contributed by atoms with Gasteiger partial charge in [0.1, 0.15) is 6.61 Å². The fraction of sp³-hybridized carbons (Fsp3) is 0.647. The van der Waals surface area contributed by atoms with Crippen LogP contribution in [0.3, 0.4) is 0 Å². The number of ether oxygens (including phenoxy) is 1. The minimum absolute atomic E-state index is 0.0661. The van der Waals surface area contributed by atoms with Gasteiger partial charge in [-0.25, -0.2) is 0 Å². The molecule has 4 heterocycles. The van der Waals surface area contributed by atoms with Crippen LogP contribution in [-0.2, 0) is 9.53 Å². The molecule has 2 aromatic heterocycles. The lowest BCUT2D eigenvalue weighted by atomic mass is 9.96. The van der Waals surface area contributed by atoms with Gasteiger partial charge in [0.25, 0.3) is 0 Å². The summed E-state index contributed by atoms with van der Waals surface area (Å²) in [5.41, 5.74) is 1.78. The predicted molar refractivity (Wildman–Crippen MR) is 91.3 cm³/mol. The highest BCUT2D eigenvalue weighted by molar-refractivity contribution is 5.77. The average molecular weight is 344 g/mol. The van der Waals surface area contributed by atoms with Crippen LogP contribution < -0.4 is 0 Å². The fourth-order valence-corrected chi connectivity index (χ4v) is 3.68. The molecule has 0 radical (unpaired) electrons. The molecule has 2 aliphatic heterocycles. The summed E-state index contributed by atoms with van der Waals surface area (Å²) in [6.45, 7) is 5.75. The molecule has 134 valence electrons. The van der Waals surface area contributed by atoms with E-state index in [1.54, 1.807) is 4.90 Å². The molecule has 8 heteroatoms. The van der Waals surface area contributed by atoms with Crippen molar-refractivity contribution in [3.63, 3.8) is 0 Å². The Bertz CT molecular complexity index is 768. The van der Waals surface area contributed by atoms with Gasteiger partial charge in [0.05, 0.1) is 11.8 Å². The number of aryl methyl sites for hydroxylation is 1. The van der Waals surface area contributed by atoms with Crippen LogP contribution in [0.4, 0.5) is 0 Å². The van der Waals surface area contributed by atoms with Gasteiger partial charge in [0, 0.05) is 26.1 Å². The molecule has 2 aliphatic rings. The van der Waals surface area contributed by atoms with Crippen LogP contribution in [0.5, 0.6) is 0 Å². The fourth-order valence-electron chi connectivity index (χ4n) is 3.68. The summed E-state index contributed by atoms with van der Waals surface area (Å²) in [6, 6.07) is 3.93. The summed E-state index contributed by atoms with van der Waals surface area (Å²) in [5, 5.41) is 13.2. The van der Waals surface area contributed by atoms with Crippen LogP contribution >= 0.6 is 0 Å². The molecule has 1 amide bonds. The first-order valence-electron chi connectivity index (χ1n) is 8.87. The maximum Gasteiger partial charge on any atom is 0.248 e. The second kappa shape index (κ2) is 6.68. The monoisotopic (exact) mass is 344 g/mol. The van der Waals surface area contributed by atoms with E-state index in [1.165, 1.54) is 0 Å². The van der Waals surface area contributed by atoms with Crippen molar-refractivity contribution in [2.75, 3.05) is 39.8 Å². The molecule has 0 saturated carbocycles. The third-order valence-electron chi connectivity index (χ3n) is 5.18. The van der Waals surface area contributed by atoms with Crippen LogP contribution in [0.2, 0.25) is 0 Å². The van der Waals surface area contributed by atoms with Crippen LogP contribution in [0.25, 0.3) is 5.65 Å². The Labute approximate surface area is 146 Å². The van der Waals surface area contributed by atoms with Crippen LogP contribution in [0, 0.1) is 6.92 Å². The molecule has 0 spiro atoms. The highest BCUT2D eigenvalue weighted by atomic mass is 16.5. The average Bonchev–Trinajstić information content (AvgIpc) is 3.02. The van der Waals surface area contributed by atoms with Gasteiger partial charge in [-0.1, -0.05) is 0 Å². The van der Waals surface area contributed by atoms with E-state index < -0.39 is 0 Å². The zero-order chi connectivity index (χ0) is 17.4. The van der Waals surface area contributed by atoms with Crippen molar-refractivity contribution in [3.05, 3.63) is 23.7 Å². The molecule has 2 saturated heterocycles. The van der Waals surface area contributed by atoms with E-state index in [0.29, 0.717) is 12.5 Å². The molecule has 25 heavy (non-hydrogen) atoms. The van der Waals surface area contributed by atoms with E-state index in [2.05, 4.69) is 20.2 Å². The number of carbonyl (C=O) groups excluding carboxylic acids is 1. The molecule has 1 unspecified atom stereocenters. The zero-order valence-electron chi connectivity index (χ0n) is 14.8. The third kappa shape index (κ3) is 3.36. The van der Waals surface area contributed by atoms with Gasteiger partial charge in [-0.2, -0.15) is 9.61 Å². The summed E-state index contributed by atoms with van der Waals surface area (Å²) in [5.74, 6) is 1.42. The van der Waals surface area contributed by atoms with E-state index in [0.717, 1.165) is 49.6 Å². The Morgan fingerprint density at radius 1 is 1.24 bits per heavy atom. The molecule has 2 aromatic rings. The number of nitrogens with zero attached hydrogens (tertiary/aromatic N) is 6. The lowest BCUT2D eigenvalue weighted by Crippen LogP contribution is -2.49. The molecule has 0 aliphatic carbocycles. The second-order valence-corrected chi connectivity index (χ2v) is 7.09. The Morgan fingerprint density at radius 3 is 2.80 bits per heavy atom. The second-order valence-electron chi connectivity index (χ2n) is 7.09. The molecule has 1 atom stereocenters. The van der Waals surface area contributed by atoms with Gasteiger partial charge in [-0.3, -0.25) is 4.79 Å². The number of carbonyl (C=O) groups is 1. The van der Waals surface area contributed by atoms with Gasteiger partial charge in [0.15, 0.2) is 11.5 Å². The molecule has 8 nitrogen and oxygen atoms in total. The number of hydrogen-bond acceptors (Lipinski definition) is 6. The minimum Gasteiger partial charge on any atom is -0.365 e. The highest BCUT2D eigenvalue weighted by Crippen LogP contribution is 2.27. The van der Waals surface area contributed by atoms with Crippen molar-refractivity contribution in [2.24, 2.45) is 0 Å². The summed E-state index contributed by atoms with van der Waals surface area (Å²) in [7, 11) is 1.84. The zero-order valence-corrected chi connectivity index (χ0v) is 14.8. The first kappa shape index (κ1) is 16.4. The molecule has 0 aromatic carbocycles. The molecule has 4 rings (SSSR count). The van der Waals surface area contributed by atoms with Crippen molar-refractivity contribution in [1.29, 1.82) is 0 Å². The number of hydrogen-bond donors (Lipinski definition) is 0. The van der Waals surface area contributed by atoms with Gasteiger partial charge >= 0.3 is 0 Å². The first-order valence-corrected chi connectivity index (χ1v) is 8.87. The van der Waals surface area contributed by atoms with Crippen LogP contribution in [0.1, 0.15) is 30.3 Å².